The molecule has 0 saturated carbocycles. The first kappa shape index (κ1) is 44.2. The van der Waals surface area contributed by atoms with E-state index in [9.17, 15) is 0 Å². The Labute approximate surface area is 278 Å². The van der Waals surface area contributed by atoms with Gasteiger partial charge in [-0.2, -0.15) is 0 Å². The molecule has 0 aromatic rings. The van der Waals surface area contributed by atoms with Gasteiger partial charge in [-0.15, -0.1) is 0 Å². The second-order valence-corrected chi connectivity index (χ2v) is 18.7. The fourth-order valence-electron chi connectivity index (χ4n) is 5.24. The molecule has 0 spiro atoms. The van der Waals surface area contributed by atoms with Crippen molar-refractivity contribution < 1.29 is 26.6 Å². The molecule has 0 atom stereocenters. The van der Waals surface area contributed by atoms with Gasteiger partial charge in [-0.05, 0) is 44.9 Å². The van der Waals surface area contributed by atoms with E-state index in [1.54, 1.807) is 0 Å². The minimum atomic E-state index is -3.26. The van der Waals surface area contributed by atoms with Gasteiger partial charge >= 0.3 is 17.6 Å². The van der Waals surface area contributed by atoms with E-state index in [1.807, 2.05) is 0 Å². The molecule has 0 amide bonds. The Hall–Kier alpha value is 0.194. The van der Waals surface area contributed by atoms with Crippen molar-refractivity contribution >= 4 is 17.6 Å². The summed E-state index contributed by atoms with van der Waals surface area (Å²) < 4.78 is 41.8. The van der Waals surface area contributed by atoms with E-state index in [0.717, 1.165) is 89.9 Å². The first-order valence-corrected chi connectivity index (χ1v) is 23.0. The van der Waals surface area contributed by atoms with Crippen molar-refractivity contribution in [2.75, 3.05) is 39.6 Å². The van der Waals surface area contributed by atoms with Gasteiger partial charge in [0.15, 0.2) is 0 Å². The van der Waals surface area contributed by atoms with Gasteiger partial charge in [0, 0.05) is 39.6 Å². The molecule has 0 rings (SSSR count). The highest BCUT2D eigenvalue weighted by Crippen LogP contribution is 2.42. The molecule has 0 N–H and O–H groups in total. The van der Waals surface area contributed by atoms with Gasteiger partial charge in [-0.25, -0.2) is 0 Å². The third-order valence-corrected chi connectivity index (χ3v) is 16.3. The minimum absolute atomic E-state index is 0.101. The predicted molar refractivity (Wildman–Crippen MR) is 192 cm³/mol. The maximum Gasteiger partial charge on any atom is 0.508 e. The number of rotatable bonds is 36. The summed E-state index contributed by atoms with van der Waals surface area (Å²) in [7, 11) is -6.51. The molecule has 8 heteroatoms. The molecule has 0 aliphatic carbocycles. The number of hydrogen-bond donors (Lipinski definition) is 0. The Kier molecular flexibility index (Phi) is 31.9. The summed E-state index contributed by atoms with van der Waals surface area (Å²) in [4.78, 5) is 0. The van der Waals surface area contributed by atoms with Gasteiger partial charge in [0.25, 0.3) is 0 Å². The average molecular weight is 663 g/mol. The van der Waals surface area contributed by atoms with E-state index < -0.39 is 17.6 Å². The van der Waals surface area contributed by atoms with Crippen LogP contribution in [0.4, 0.5) is 0 Å². The van der Waals surface area contributed by atoms with Crippen LogP contribution >= 0.6 is 0 Å². The molecule has 6 nitrogen and oxygen atoms in total. The summed E-state index contributed by atoms with van der Waals surface area (Å²) >= 11 is 0. The lowest BCUT2D eigenvalue weighted by atomic mass is 10.1. The Morgan fingerprint density at radius 3 is 0.773 bits per heavy atom. The Morgan fingerprint density at radius 1 is 0.295 bits per heavy atom. The highest BCUT2D eigenvalue weighted by atomic mass is 28.5. The Balaban J connectivity index is 6.55. The molecule has 0 aliphatic heterocycles. The van der Waals surface area contributed by atoms with Crippen molar-refractivity contribution in [3.63, 3.8) is 0 Å². The molecule has 44 heavy (non-hydrogen) atoms. The molecular formula is C36H78O6Si2. The standard InChI is InChI=1S/C36H78O6Si2/c1-8-15-22-23-24-25-26-27-28-29-36(43(37-30-16-9-2,38-31-17-10-3)39-32-18-11-4)44(40-33-19-12-5,41-34-20-13-6)42-35-21-14-7/h36H,8-35H2,1-7H3. The summed E-state index contributed by atoms with van der Waals surface area (Å²) in [5.41, 5.74) is 0. The third-order valence-electron chi connectivity index (χ3n) is 8.26. The number of unbranched alkanes of at least 4 members (excludes halogenated alkanes) is 14. The summed E-state index contributed by atoms with van der Waals surface area (Å²) in [6.45, 7) is 19.5. The second kappa shape index (κ2) is 31.8. The summed E-state index contributed by atoms with van der Waals surface area (Å²) in [6, 6.07) is 0. The Morgan fingerprint density at radius 2 is 0.523 bits per heavy atom. The van der Waals surface area contributed by atoms with Crippen LogP contribution < -0.4 is 0 Å². The first-order chi connectivity index (χ1) is 21.6. The van der Waals surface area contributed by atoms with E-state index in [-0.39, 0.29) is 5.16 Å². The first-order valence-electron chi connectivity index (χ1n) is 19.4. The highest BCUT2D eigenvalue weighted by molar-refractivity contribution is 6.82. The van der Waals surface area contributed by atoms with Crippen LogP contribution in [0.2, 0.25) is 5.16 Å². The molecule has 0 aliphatic rings. The van der Waals surface area contributed by atoms with E-state index in [2.05, 4.69) is 48.5 Å². The van der Waals surface area contributed by atoms with Gasteiger partial charge in [-0.1, -0.05) is 145 Å². The maximum atomic E-state index is 6.97. The van der Waals surface area contributed by atoms with Crippen LogP contribution in [0.15, 0.2) is 0 Å². The quantitative estimate of drug-likeness (QED) is 0.0491. The SMILES string of the molecule is CCCCCCCCCCCC([Si](OCCCC)(OCCCC)OCCCC)[Si](OCCCC)(OCCCC)OCCCC. The van der Waals surface area contributed by atoms with Crippen molar-refractivity contribution in [2.24, 2.45) is 0 Å². The molecule has 266 valence electrons. The molecule has 0 heterocycles. The van der Waals surface area contributed by atoms with Crippen molar-refractivity contribution in [1.29, 1.82) is 0 Å². The van der Waals surface area contributed by atoms with E-state index in [1.165, 1.54) is 51.4 Å². The average Bonchev–Trinajstić information content (AvgIpc) is 3.02. The van der Waals surface area contributed by atoms with Crippen LogP contribution in [0.5, 0.6) is 0 Å². The van der Waals surface area contributed by atoms with Crippen molar-refractivity contribution in [3.05, 3.63) is 0 Å². The van der Waals surface area contributed by atoms with E-state index >= 15 is 0 Å². The molecule has 0 fully saturated rings. The van der Waals surface area contributed by atoms with E-state index in [0.29, 0.717) is 39.6 Å². The molecule has 0 aromatic carbocycles. The molecule has 0 saturated heterocycles. The summed E-state index contributed by atoms with van der Waals surface area (Å²) in [5, 5.41) is -0.101. The summed E-state index contributed by atoms with van der Waals surface area (Å²) in [6.07, 6.45) is 25.0. The zero-order valence-electron chi connectivity index (χ0n) is 30.8. The molecule has 0 bridgehead atoms. The van der Waals surface area contributed by atoms with Crippen molar-refractivity contribution in [3.8, 4) is 0 Å². The highest BCUT2D eigenvalue weighted by Gasteiger charge is 2.65. The van der Waals surface area contributed by atoms with Crippen LogP contribution in [0.3, 0.4) is 0 Å². The van der Waals surface area contributed by atoms with Crippen LogP contribution in [-0.2, 0) is 26.6 Å². The van der Waals surface area contributed by atoms with Crippen LogP contribution in [-0.4, -0.2) is 57.3 Å². The smallest absolute Gasteiger partial charge is 0.373 e. The molecular weight excluding hydrogens is 585 g/mol. The lowest BCUT2D eigenvalue weighted by Crippen LogP contribution is -2.64. The van der Waals surface area contributed by atoms with Crippen molar-refractivity contribution in [1.82, 2.24) is 0 Å². The monoisotopic (exact) mass is 663 g/mol. The largest absolute Gasteiger partial charge is 0.508 e. The minimum Gasteiger partial charge on any atom is -0.373 e. The van der Waals surface area contributed by atoms with Crippen LogP contribution in [0.25, 0.3) is 0 Å². The lowest BCUT2D eigenvalue weighted by Gasteiger charge is -2.43. The van der Waals surface area contributed by atoms with Gasteiger partial charge in [0.2, 0.25) is 0 Å². The van der Waals surface area contributed by atoms with Gasteiger partial charge in [0.05, 0.1) is 5.16 Å². The van der Waals surface area contributed by atoms with Crippen LogP contribution in [0, 0.1) is 0 Å². The van der Waals surface area contributed by atoms with Gasteiger partial charge < -0.3 is 26.6 Å². The zero-order valence-corrected chi connectivity index (χ0v) is 32.8. The molecule has 0 unspecified atom stereocenters. The lowest BCUT2D eigenvalue weighted by molar-refractivity contribution is 0.0179. The number of hydrogen-bond acceptors (Lipinski definition) is 6. The van der Waals surface area contributed by atoms with E-state index in [4.69, 9.17) is 26.6 Å². The second-order valence-electron chi connectivity index (χ2n) is 12.6. The fourth-order valence-corrected chi connectivity index (χ4v) is 13.9. The predicted octanol–water partition coefficient (Wildman–Crippen LogP) is 11.6. The normalized spacial score (nSPS) is 12.5. The Bertz CT molecular complexity index is 492. The molecule has 0 radical (unpaired) electrons. The van der Waals surface area contributed by atoms with Gasteiger partial charge in [0.1, 0.15) is 0 Å². The fraction of sp³-hybridized carbons (Fsp3) is 1.00. The van der Waals surface area contributed by atoms with Crippen LogP contribution in [0.1, 0.15) is 190 Å². The molecule has 0 aromatic heterocycles. The van der Waals surface area contributed by atoms with Gasteiger partial charge in [-0.3, -0.25) is 0 Å². The summed E-state index contributed by atoms with van der Waals surface area (Å²) in [5.74, 6) is 0. The maximum absolute atomic E-state index is 6.97. The topological polar surface area (TPSA) is 55.4 Å². The van der Waals surface area contributed by atoms with Crippen molar-refractivity contribution in [2.45, 2.75) is 195 Å². The zero-order chi connectivity index (χ0) is 32.6. The third kappa shape index (κ3) is 20.4.